The lowest BCUT2D eigenvalue weighted by molar-refractivity contribution is -0.108. The first-order chi connectivity index (χ1) is 10.6. The van der Waals surface area contributed by atoms with Crippen molar-refractivity contribution in [1.29, 1.82) is 0 Å². The molecule has 1 aromatic heterocycles. The summed E-state index contributed by atoms with van der Waals surface area (Å²) in [5.41, 5.74) is 1.80. The molecule has 0 saturated carbocycles. The summed E-state index contributed by atoms with van der Waals surface area (Å²) in [6, 6.07) is 13.4. The zero-order chi connectivity index (χ0) is 15.7. The Morgan fingerprint density at radius 3 is 2.59 bits per heavy atom. The van der Waals surface area contributed by atoms with Crippen LogP contribution in [-0.4, -0.2) is 15.6 Å². The van der Waals surface area contributed by atoms with Gasteiger partial charge in [-0.25, -0.2) is 4.39 Å². The van der Waals surface area contributed by atoms with Crippen molar-refractivity contribution in [3.8, 4) is 0 Å². The first-order valence-electron chi connectivity index (χ1n) is 6.63. The van der Waals surface area contributed by atoms with Crippen LogP contribution in [0.2, 0.25) is 0 Å². The molecule has 0 amide bonds. The molecule has 0 atom stereocenters. The third kappa shape index (κ3) is 2.65. The third-order valence-electron chi connectivity index (χ3n) is 3.45. The van der Waals surface area contributed by atoms with Gasteiger partial charge in [-0.15, -0.1) is 0 Å². The van der Waals surface area contributed by atoms with Crippen LogP contribution >= 0.6 is 11.6 Å². The van der Waals surface area contributed by atoms with Gasteiger partial charge in [-0.05, 0) is 35.4 Å². The summed E-state index contributed by atoms with van der Waals surface area (Å²) in [5.74, 6) is -1.06. The molecule has 0 fully saturated rings. The largest absolute Gasteiger partial charge is 0.342 e. The van der Waals surface area contributed by atoms with Crippen LogP contribution in [-0.2, 0) is 11.3 Å². The number of halogens is 2. The number of Topliss-reactive ketones (excluding diaryl/α,β-unsaturated/α-hetero) is 1. The minimum atomic E-state index is -1.02. The molecule has 0 aliphatic carbocycles. The maximum Gasteiger partial charge on any atom is 0.293 e. The first-order valence-corrected chi connectivity index (χ1v) is 7.00. The topological polar surface area (TPSA) is 39.1 Å². The maximum absolute atomic E-state index is 13.3. The van der Waals surface area contributed by atoms with Crippen LogP contribution in [0, 0.1) is 5.82 Å². The molecule has 110 valence electrons. The van der Waals surface area contributed by atoms with Gasteiger partial charge in [0.15, 0.2) is 0 Å². The summed E-state index contributed by atoms with van der Waals surface area (Å²) in [7, 11) is 0. The van der Waals surface area contributed by atoms with E-state index in [1.807, 2.05) is 12.1 Å². The highest BCUT2D eigenvalue weighted by atomic mass is 35.5. The predicted molar refractivity (Wildman–Crippen MR) is 82.6 cm³/mol. The van der Waals surface area contributed by atoms with Gasteiger partial charge >= 0.3 is 0 Å². The normalized spacial score (nSPS) is 10.8. The number of hydrogen-bond acceptors (Lipinski definition) is 2. The van der Waals surface area contributed by atoms with Crippen molar-refractivity contribution >= 4 is 33.5 Å². The molecule has 0 saturated heterocycles. The van der Waals surface area contributed by atoms with Crippen molar-refractivity contribution < 1.29 is 14.0 Å². The van der Waals surface area contributed by atoms with E-state index in [0.29, 0.717) is 11.9 Å². The number of nitrogens with zero attached hydrogens (tertiary/aromatic N) is 1. The minimum absolute atomic E-state index is 0.256. The number of rotatable bonds is 4. The third-order valence-corrected chi connectivity index (χ3v) is 3.63. The quantitative estimate of drug-likeness (QED) is 0.417. The fourth-order valence-corrected chi connectivity index (χ4v) is 2.60. The summed E-state index contributed by atoms with van der Waals surface area (Å²) in [5, 5.41) is -0.369. The van der Waals surface area contributed by atoms with E-state index in [4.69, 9.17) is 11.6 Å². The van der Waals surface area contributed by atoms with Gasteiger partial charge in [0.05, 0.1) is 5.56 Å². The molecule has 2 aromatic carbocycles. The Hall–Kier alpha value is -2.46. The van der Waals surface area contributed by atoms with Gasteiger partial charge in [0, 0.05) is 23.6 Å². The Bertz CT molecular complexity index is 885. The number of aromatic nitrogens is 1. The summed E-state index contributed by atoms with van der Waals surface area (Å²) < 4.78 is 15.1. The van der Waals surface area contributed by atoms with Crippen LogP contribution in [0.25, 0.3) is 10.9 Å². The SMILES string of the molecule is O=C(Cl)C(=O)c1cn(Cc2cccc(F)c2)c2ccccc12. The van der Waals surface area contributed by atoms with E-state index < -0.39 is 11.0 Å². The molecule has 0 N–H and O–H groups in total. The molecular formula is C17H11ClFNO2. The second-order valence-electron chi connectivity index (χ2n) is 4.92. The minimum Gasteiger partial charge on any atom is -0.342 e. The number of ketones is 1. The molecular weight excluding hydrogens is 305 g/mol. The predicted octanol–water partition coefficient (Wildman–Crippen LogP) is 3.78. The molecule has 3 aromatic rings. The highest BCUT2D eigenvalue weighted by Gasteiger charge is 2.19. The van der Waals surface area contributed by atoms with Crippen LogP contribution in [0.3, 0.4) is 0 Å². The molecule has 1 heterocycles. The monoisotopic (exact) mass is 315 g/mol. The van der Waals surface area contributed by atoms with Gasteiger partial charge in [0.25, 0.3) is 5.24 Å². The summed E-state index contributed by atoms with van der Waals surface area (Å²) in [6.07, 6.45) is 1.58. The van der Waals surface area contributed by atoms with E-state index in [0.717, 1.165) is 11.1 Å². The lowest BCUT2D eigenvalue weighted by Gasteiger charge is -2.05. The molecule has 0 spiro atoms. The number of carbonyl (C=O) groups excluding carboxylic acids is 2. The Labute approximate surface area is 130 Å². The van der Waals surface area contributed by atoms with Crippen LogP contribution in [0.15, 0.2) is 54.7 Å². The van der Waals surface area contributed by atoms with E-state index >= 15 is 0 Å². The van der Waals surface area contributed by atoms with Gasteiger partial charge in [0.2, 0.25) is 5.78 Å². The second-order valence-corrected chi connectivity index (χ2v) is 5.26. The zero-order valence-electron chi connectivity index (χ0n) is 11.4. The van der Waals surface area contributed by atoms with Crippen molar-refractivity contribution in [1.82, 2.24) is 4.57 Å². The molecule has 22 heavy (non-hydrogen) atoms. The van der Waals surface area contributed by atoms with E-state index in [2.05, 4.69) is 0 Å². The van der Waals surface area contributed by atoms with Crippen LogP contribution in [0.1, 0.15) is 15.9 Å². The van der Waals surface area contributed by atoms with E-state index in [-0.39, 0.29) is 11.4 Å². The van der Waals surface area contributed by atoms with Crippen molar-refractivity contribution in [3.05, 3.63) is 71.7 Å². The molecule has 0 aliphatic rings. The molecule has 0 unspecified atom stereocenters. The highest BCUT2D eigenvalue weighted by molar-refractivity contribution is 6.83. The molecule has 5 heteroatoms. The summed E-state index contributed by atoms with van der Waals surface area (Å²) in [4.78, 5) is 23.1. The van der Waals surface area contributed by atoms with Crippen molar-refractivity contribution in [2.45, 2.75) is 6.54 Å². The van der Waals surface area contributed by atoms with Gasteiger partial charge in [-0.1, -0.05) is 30.3 Å². The van der Waals surface area contributed by atoms with Crippen LogP contribution in [0.5, 0.6) is 0 Å². The van der Waals surface area contributed by atoms with Gasteiger partial charge in [0.1, 0.15) is 5.82 Å². The van der Waals surface area contributed by atoms with Crippen LogP contribution in [0.4, 0.5) is 4.39 Å². The lowest BCUT2D eigenvalue weighted by atomic mass is 10.1. The van der Waals surface area contributed by atoms with Gasteiger partial charge < -0.3 is 4.57 Å². The molecule has 0 bridgehead atoms. The average Bonchev–Trinajstić information content (AvgIpc) is 2.85. The van der Waals surface area contributed by atoms with E-state index in [1.54, 1.807) is 35.0 Å². The van der Waals surface area contributed by atoms with E-state index in [1.165, 1.54) is 12.1 Å². The highest BCUT2D eigenvalue weighted by Crippen LogP contribution is 2.23. The Balaban J connectivity index is 2.10. The first kappa shape index (κ1) is 14.5. The fourth-order valence-electron chi connectivity index (χ4n) is 2.50. The maximum atomic E-state index is 13.3. The van der Waals surface area contributed by atoms with Crippen molar-refractivity contribution in [2.24, 2.45) is 0 Å². The number of benzene rings is 2. The molecule has 0 aliphatic heterocycles. The van der Waals surface area contributed by atoms with Crippen molar-refractivity contribution in [3.63, 3.8) is 0 Å². The lowest BCUT2D eigenvalue weighted by Crippen LogP contribution is -2.06. The fraction of sp³-hybridized carbons (Fsp3) is 0.0588. The van der Waals surface area contributed by atoms with Crippen LogP contribution < -0.4 is 0 Å². The number of hydrogen-bond donors (Lipinski definition) is 0. The zero-order valence-corrected chi connectivity index (χ0v) is 12.2. The summed E-state index contributed by atoms with van der Waals surface area (Å²) in [6.45, 7) is 0.391. The standard InChI is InChI=1S/C17H11ClFNO2/c18-17(22)16(21)14-10-20(15-7-2-1-6-13(14)15)9-11-4-3-5-12(19)8-11/h1-8,10H,9H2. The molecule has 0 radical (unpaired) electrons. The van der Waals surface area contributed by atoms with Crippen molar-refractivity contribution in [2.75, 3.05) is 0 Å². The smallest absolute Gasteiger partial charge is 0.293 e. The second kappa shape index (κ2) is 5.73. The number of carbonyl (C=O) groups is 2. The van der Waals surface area contributed by atoms with E-state index in [9.17, 15) is 14.0 Å². The average molecular weight is 316 g/mol. The molecule has 3 nitrogen and oxygen atoms in total. The van der Waals surface area contributed by atoms with Gasteiger partial charge in [-0.3, -0.25) is 9.59 Å². The number of para-hydroxylation sites is 1. The summed E-state index contributed by atoms with van der Waals surface area (Å²) >= 11 is 5.31. The Morgan fingerprint density at radius 1 is 1.09 bits per heavy atom. The molecule has 3 rings (SSSR count). The Kier molecular flexibility index (Phi) is 3.77. The number of fused-ring (bicyclic) bond motifs is 1. The Morgan fingerprint density at radius 2 is 1.86 bits per heavy atom. The van der Waals surface area contributed by atoms with Gasteiger partial charge in [-0.2, -0.15) is 0 Å².